The monoisotopic (exact) mass is 439 g/mol. The van der Waals surface area contributed by atoms with Gasteiger partial charge in [-0.1, -0.05) is 6.07 Å². The number of nitrogens with zero attached hydrogens (tertiary/aromatic N) is 3. The van der Waals surface area contributed by atoms with Crippen molar-refractivity contribution in [1.29, 1.82) is 0 Å². The van der Waals surface area contributed by atoms with Gasteiger partial charge in [0.1, 0.15) is 22.2 Å². The number of hydrogen-bond donors (Lipinski definition) is 2. The summed E-state index contributed by atoms with van der Waals surface area (Å²) in [5.74, 6) is 1.07. The van der Waals surface area contributed by atoms with Crippen LogP contribution in [0.25, 0.3) is 16.8 Å². The van der Waals surface area contributed by atoms with E-state index in [1.807, 2.05) is 6.92 Å². The van der Waals surface area contributed by atoms with Crippen molar-refractivity contribution in [2.75, 3.05) is 24.7 Å². The average molecular weight is 439 g/mol. The van der Waals surface area contributed by atoms with E-state index in [-0.39, 0.29) is 10.6 Å². The molecule has 0 saturated carbocycles. The Labute approximate surface area is 179 Å². The van der Waals surface area contributed by atoms with Gasteiger partial charge in [0.25, 0.3) is 10.0 Å². The van der Waals surface area contributed by atoms with Crippen molar-refractivity contribution in [3.05, 3.63) is 60.4 Å². The van der Waals surface area contributed by atoms with E-state index < -0.39 is 10.0 Å². The van der Waals surface area contributed by atoms with Crippen LogP contribution in [0.4, 0.5) is 11.5 Å². The first kappa shape index (κ1) is 20.5. The number of anilines is 2. The number of nitrogen functional groups attached to an aromatic ring is 1. The van der Waals surface area contributed by atoms with Crippen LogP contribution < -0.4 is 19.9 Å². The van der Waals surface area contributed by atoms with Gasteiger partial charge in [-0.2, -0.15) is 9.61 Å². The quantitative estimate of drug-likeness (QED) is 0.473. The van der Waals surface area contributed by atoms with Crippen molar-refractivity contribution in [3.8, 4) is 22.6 Å². The number of hydrogen-bond acceptors (Lipinski definition) is 7. The van der Waals surface area contributed by atoms with Crippen molar-refractivity contribution in [2.24, 2.45) is 0 Å². The van der Waals surface area contributed by atoms with Gasteiger partial charge in [-0.3, -0.25) is 4.72 Å². The van der Waals surface area contributed by atoms with Gasteiger partial charge >= 0.3 is 0 Å². The topological polar surface area (TPSA) is 121 Å². The molecule has 0 aliphatic heterocycles. The number of rotatable bonds is 6. The second-order valence-electron chi connectivity index (χ2n) is 6.81. The van der Waals surface area contributed by atoms with Gasteiger partial charge in [0.15, 0.2) is 5.65 Å². The molecule has 0 amide bonds. The first-order chi connectivity index (χ1) is 14.8. The fourth-order valence-electron chi connectivity index (χ4n) is 3.33. The molecular formula is C21H21N5O4S. The van der Waals surface area contributed by atoms with Gasteiger partial charge in [0.2, 0.25) is 0 Å². The molecule has 9 nitrogen and oxygen atoms in total. The van der Waals surface area contributed by atoms with Gasteiger partial charge in [-0.15, -0.1) is 0 Å². The first-order valence-corrected chi connectivity index (χ1v) is 10.8. The second kappa shape index (κ2) is 7.80. The molecule has 2 heterocycles. The molecule has 0 radical (unpaired) electrons. The third-order valence-electron chi connectivity index (χ3n) is 4.88. The van der Waals surface area contributed by atoms with Crippen LogP contribution in [-0.4, -0.2) is 37.2 Å². The van der Waals surface area contributed by atoms with Crippen molar-refractivity contribution in [2.45, 2.75) is 11.8 Å². The summed E-state index contributed by atoms with van der Waals surface area (Å²) in [7, 11) is -1.04. The molecule has 0 atom stereocenters. The van der Waals surface area contributed by atoms with Crippen molar-refractivity contribution >= 4 is 27.2 Å². The Hall–Kier alpha value is -3.79. The predicted molar refractivity (Wildman–Crippen MR) is 118 cm³/mol. The smallest absolute Gasteiger partial charge is 0.265 e. The maximum atomic E-state index is 13.0. The fraction of sp³-hybridized carbons (Fsp3) is 0.143. The third-order valence-corrected chi connectivity index (χ3v) is 6.28. The molecule has 0 aliphatic rings. The van der Waals surface area contributed by atoms with E-state index in [1.165, 1.54) is 20.3 Å². The summed E-state index contributed by atoms with van der Waals surface area (Å²) in [6.45, 7) is 1.87. The van der Waals surface area contributed by atoms with Crippen LogP contribution in [0.1, 0.15) is 5.56 Å². The molecule has 0 aliphatic carbocycles. The van der Waals surface area contributed by atoms with Crippen LogP contribution in [0.15, 0.2) is 59.8 Å². The number of aryl methyl sites for hydroxylation is 1. The zero-order chi connectivity index (χ0) is 22.2. The lowest BCUT2D eigenvalue weighted by molar-refractivity contribution is 0.392. The summed E-state index contributed by atoms with van der Waals surface area (Å²) in [6, 6.07) is 11.5. The van der Waals surface area contributed by atoms with Crippen LogP contribution in [0.5, 0.6) is 11.5 Å². The molecule has 31 heavy (non-hydrogen) atoms. The molecule has 0 saturated heterocycles. The summed E-state index contributed by atoms with van der Waals surface area (Å²) in [4.78, 5) is 4.34. The van der Waals surface area contributed by atoms with E-state index >= 15 is 0 Å². The highest BCUT2D eigenvalue weighted by atomic mass is 32.2. The van der Waals surface area contributed by atoms with Gasteiger partial charge in [0.05, 0.1) is 20.4 Å². The van der Waals surface area contributed by atoms with Gasteiger partial charge in [-0.05, 0) is 42.3 Å². The SMILES string of the molecule is COc1ccc(OC)c(S(=O)(=O)Nc2ccc(-c3cnc4ccnn4c3N)c(C)c2)c1. The molecule has 2 aromatic heterocycles. The maximum absolute atomic E-state index is 13.0. The number of sulfonamides is 1. The Balaban J connectivity index is 1.69. The number of ether oxygens (including phenoxy) is 2. The van der Waals surface area contributed by atoms with E-state index in [0.717, 1.165) is 11.1 Å². The number of nitrogens with one attached hydrogen (secondary N) is 1. The van der Waals surface area contributed by atoms with Crippen molar-refractivity contribution in [1.82, 2.24) is 14.6 Å². The molecule has 10 heteroatoms. The van der Waals surface area contributed by atoms with Crippen LogP contribution in [0.3, 0.4) is 0 Å². The minimum atomic E-state index is -3.92. The zero-order valence-corrected chi connectivity index (χ0v) is 18.0. The van der Waals surface area contributed by atoms with Crippen LogP contribution >= 0.6 is 0 Å². The second-order valence-corrected chi connectivity index (χ2v) is 8.46. The molecule has 160 valence electrons. The van der Waals surface area contributed by atoms with Crippen molar-refractivity contribution < 1.29 is 17.9 Å². The van der Waals surface area contributed by atoms with E-state index in [2.05, 4.69) is 14.8 Å². The minimum Gasteiger partial charge on any atom is -0.497 e. The lowest BCUT2D eigenvalue weighted by atomic mass is 10.0. The number of aromatic nitrogens is 3. The number of fused-ring (bicyclic) bond motifs is 1. The standard InChI is InChI=1S/C21H21N5O4S/c1-13-10-14(25-31(27,28)19-11-15(29-2)5-7-18(19)30-3)4-6-16(13)17-12-23-20-8-9-24-26(20)21(17)22/h4-12,25H,22H2,1-3H3. The van der Waals surface area contributed by atoms with Gasteiger partial charge in [-0.25, -0.2) is 13.4 Å². The number of benzene rings is 2. The van der Waals surface area contributed by atoms with Crippen LogP contribution in [-0.2, 0) is 10.0 Å². The Kier molecular flexibility index (Phi) is 5.15. The predicted octanol–water partition coefficient (Wildman–Crippen LogP) is 3.10. The molecule has 0 bridgehead atoms. The largest absolute Gasteiger partial charge is 0.497 e. The van der Waals surface area contributed by atoms with Gasteiger partial charge in [0, 0.05) is 29.6 Å². The Morgan fingerprint density at radius 3 is 2.55 bits per heavy atom. The van der Waals surface area contributed by atoms with Crippen LogP contribution in [0, 0.1) is 6.92 Å². The normalized spacial score (nSPS) is 11.5. The molecule has 4 rings (SSSR count). The number of methoxy groups -OCH3 is 2. The molecular weight excluding hydrogens is 418 g/mol. The summed E-state index contributed by atoms with van der Waals surface area (Å²) < 4.78 is 40.5. The van der Waals surface area contributed by atoms with E-state index in [1.54, 1.807) is 53.3 Å². The molecule has 2 aromatic carbocycles. The average Bonchev–Trinajstić information content (AvgIpc) is 3.24. The fourth-order valence-corrected chi connectivity index (χ4v) is 4.57. The Bertz CT molecular complexity index is 1380. The molecule has 0 fully saturated rings. The van der Waals surface area contributed by atoms with E-state index in [9.17, 15) is 8.42 Å². The summed E-state index contributed by atoms with van der Waals surface area (Å²) in [5, 5.41) is 4.18. The maximum Gasteiger partial charge on any atom is 0.265 e. The number of nitrogens with two attached hydrogens (primary N) is 1. The first-order valence-electron chi connectivity index (χ1n) is 9.28. The van der Waals surface area contributed by atoms with E-state index in [4.69, 9.17) is 15.2 Å². The molecule has 0 unspecified atom stereocenters. The summed E-state index contributed by atoms with van der Waals surface area (Å²) in [5.41, 5.74) is 9.66. The lowest BCUT2D eigenvalue weighted by Crippen LogP contribution is -2.14. The Morgan fingerprint density at radius 1 is 1.03 bits per heavy atom. The molecule has 0 spiro atoms. The van der Waals surface area contributed by atoms with Gasteiger partial charge < -0.3 is 15.2 Å². The summed E-state index contributed by atoms with van der Waals surface area (Å²) in [6.07, 6.45) is 3.31. The van der Waals surface area contributed by atoms with E-state index in [0.29, 0.717) is 28.5 Å². The van der Waals surface area contributed by atoms with Crippen LogP contribution in [0.2, 0.25) is 0 Å². The summed E-state index contributed by atoms with van der Waals surface area (Å²) >= 11 is 0. The highest BCUT2D eigenvalue weighted by molar-refractivity contribution is 7.92. The molecule has 4 aromatic rings. The highest BCUT2D eigenvalue weighted by Crippen LogP contribution is 2.33. The highest BCUT2D eigenvalue weighted by Gasteiger charge is 2.21. The van der Waals surface area contributed by atoms with Crippen molar-refractivity contribution in [3.63, 3.8) is 0 Å². The third kappa shape index (κ3) is 3.73. The molecule has 3 N–H and O–H groups in total. The Morgan fingerprint density at radius 2 is 1.84 bits per heavy atom. The zero-order valence-electron chi connectivity index (χ0n) is 17.2. The minimum absolute atomic E-state index is 0.0198. The lowest BCUT2D eigenvalue weighted by Gasteiger charge is -2.15.